The van der Waals surface area contributed by atoms with Crippen LogP contribution in [0.4, 0.5) is 10.1 Å². The van der Waals surface area contributed by atoms with Crippen molar-refractivity contribution in [2.45, 2.75) is 25.3 Å². The highest BCUT2D eigenvalue weighted by Crippen LogP contribution is 2.18. The fraction of sp³-hybridized carbons (Fsp3) is 0.385. The van der Waals surface area contributed by atoms with E-state index in [9.17, 15) is 14.0 Å². The maximum absolute atomic E-state index is 13.4. The van der Waals surface area contributed by atoms with Gasteiger partial charge in [0.1, 0.15) is 12.4 Å². The van der Waals surface area contributed by atoms with Crippen LogP contribution in [-0.2, 0) is 9.53 Å². The van der Waals surface area contributed by atoms with Crippen LogP contribution < -0.4 is 11.1 Å². The van der Waals surface area contributed by atoms with Gasteiger partial charge in [0.15, 0.2) is 0 Å². The van der Waals surface area contributed by atoms with Crippen molar-refractivity contribution in [3.63, 3.8) is 0 Å². The first-order valence-electron chi connectivity index (χ1n) is 6.08. The van der Waals surface area contributed by atoms with E-state index in [1.54, 1.807) is 0 Å². The van der Waals surface area contributed by atoms with Crippen molar-refractivity contribution in [3.05, 3.63) is 29.6 Å². The molecule has 2 rings (SSSR count). The number of hydrogen-bond acceptors (Lipinski definition) is 4. The zero-order chi connectivity index (χ0) is 13.8. The summed E-state index contributed by atoms with van der Waals surface area (Å²) in [7, 11) is 0. The van der Waals surface area contributed by atoms with Gasteiger partial charge in [-0.3, -0.25) is 4.79 Å². The van der Waals surface area contributed by atoms with Gasteiger partial charge in [-0.25, -0.2) is 9.18 Å². The number of esters is 1. The van der Waals surface area contributed by atoms with E-state index in [-0.39, 0.29) is 36.2 Å². The van der Waals surface area contributed by atoms with E-state index in [1.165, 1.54) is 12.1 Å². The Morgan fingerprint density at radius 3 is 2.84 bits per heavy atom. The van der Waals surface area contributed by atoms with Gasteiger partial charge >= 0.3 is 5.97 Å². The van der Waals surface area contributed by atoms with Gasteiger partial charge in [-0.2, -0.15) is 0 Å². The summed E-state index contributed by atoms with van der Waals surface area (Å²) in [5.74, 6) is -1.67. The number of amides is 1. The molecule has 5 nitrogen and oxygen atoms in total. The number of nitrogens with one attached hydrogen (secondary N) is 1. The summed E-state index contributed by atoms with van der Waals surface area (Å²) in [6, 6.07) is 3.94. The number of halogens is 1. The van der Waals surface area contributed by atoms with Crippen molar-refractivity contribution in [2.75, 3.05) is 12.3 Å². The van der Waals surface area contributed by atoms with Crippen LogP contribution in [0.25, 0.3) is 0 Å². The first kappa shape index (κ1) is 13.3. The van der Waals surface area contributed by atoms with E-state index < -0.39 is 11.8 Å². The number of anilines is 1. The van der Waals surface area contributed by atoms with Gasteiger partial charge in [-0.15, -0.1) is 0 Å². The molecular weight excluding hydrogens is 251 g/mol. The van der Waals surface area contributed by atoms with Gasteiger partial charge in [0, 0.05) is 11.7 Å². The molecule has 19 heavy (non-hydrogen) atoms. The summed E-state index contributed by atoms with van der Waals surface area (Å²) in [4.78, 5) is 22.9. The maximum Gasteiger partial charge on any atom is 0.341 e. The molecule has 1 aromatic rings. The van der Waals surface area contributed by atoms with Crippen LogP contribution in [0.15, 0.2) is 18.2 Å². The zero-order valence-corrected chi connectivity index (χ0v) is 10.3. The minimum absolute atomic E-state index is 0.0756. The van der Waals surface area contributed by atoms with Crippen molar-refractivity contribution in [2.24, 2.45) is 0 Å². The SMILES string of the molecule is Nc1ccc(F)c(C(=O)OCCC(=O)NC2CC2)c1. The van der Waals surface area contributed by atoms with Gasteiger partial charge < -0.3 is 15.8 Å². The smallest absolute Gasteiger partial charge is 0.341 e. The predicted octanol–water partition coefficient (Wildman–Crippen LogP) is 1.23. The van der Waals surface area contributed by atoms with E-state index in [4.69, 9.17) is 10.5 Å². The summed E-state index contributed by atoms with van der Waals surface area (Å²) in [6.45, 7) is -0.0778. The highest BCUT2D eigenvalue weighted by atomic mass is 19.1. The van der Waals surface area contributed by atoms with Crippen LogP contribution in [0.3, 0.4) is 0 Å². The van der Waals surface area contributed by atoms with E-state index in [2.05, 4.69) is 5.32 Å². The fourth-order valence-corrected chi connectivity index (χ4v) is 1.54. The van der Waals surface area contributed by atoms with Crippen LogP contribution in [0.2, 0.25) is 0 Å². The Hall–Kier alpha value is -2.11. The lowest BCUT2D eigenvalue weighted by atomic mass is 10.2. The van der Waals surface area contributed by atoms with Crippen LogP contribution in [0, 0.1) is 5.82 Å². The second kappa shape index (κ2) is 5.69. The second-order valence-corrected chi connectivity index (χ2v) is 4.47. The topological polar surface area (TPSA) is 81.4 Å². The first-order chi connectivity index (χ1) is 9.06. The molecule has 0 saturated heterocycles. The molecule has 3 N–H and O–H groups in total. The number of carbonyl (C=O) groups is 2. The van der Waals surface area contributed by atoms with Gasteiger partial charge in [0.05, 0.1) is 12.0 Å². The minimum Gasteiger partial charge on any atom is -0.461 e. The molecule has 1 amide bonds. The second-order valence-electron chi connectivity index (χ2n) is 4.47. The summed E-state index contributed by atoms with van der Waals surface area (Å²) >= 11 is 0. The Morgan fingerprint density at radius 1 is 1.42 bits per heavy atom. The molecule has 0 bridgehead atoms. The predicted molar refractivity (Wildman–Crippen MR) is 66.9 cm³/mol. The highest BCUT2D eigenvalue weighted by Gasteiger charge is 2.23. The molecule has 0 aromatic heterocycles. The third-order valence-electron chi connectivity index (χ3n) is 2.72. The number of rotatable bonds is 5. The molecule has 6 heteroatoms. The monoisotopic (exact) mass is 266 g/mol. The molecule has 0 radical (unpaired) electrons. The molecule has 102 valence electrons. The Bertz CT molecular complexity index is 501. The fourth-order valence-electron chi connectivity index (χ4n) is 1.54. The van der Waals surface area contributed by atoms with Crippen LogP contribution in [-0.4, -0.2) is 24.5 Å². The number of nitrogen functional groups attached to an aromatic ring is 1. The summed E-state index contributed by atoms with van der Waals surface area (Å²) in [5.41, 5.74) is 5.52. The van der Waals surface area contributed by atoms with Crippen molar-refractivity contribution >= 4 is 17.6 Å². The Balaban J connectivity index is 1.80. The maximum atomic E-state index is 13.4. The summed E-state index contributed by atoms with van der Waals surface area (Å²) < 4.78 is 18.2. The lowest BCUT2D eigenvalue weighted by Gasteiger charge is -2.06. The van der Waals surface area contributed by atoms with Crippen LogP contribution in [0.5, 0.6) is 0 Å². The minimum atomic E-state index is -0.816. The van der Waals surface area contributed by atoms with Gasteiger partial charge in [0.2, 0.25) is 5.91 Å². The molecule has 0 atom stereocenters. The van der Waals surface area contributed by atoms with Crippen molar-refractivity contribution in [1.82, 2.24) is 5.32 Å². The first-order valence-corrected chi connectivity index (χ1v) is 6.08. The zero-order valence-electron chi connectivity index (χ0n) is 10.3. The molecular formula is C13H15FN2O3. The standard InChI is InChI=1S/C13H15FN2O3/c14-11-4-1-8(15)7-10(11)13(18)19-6-5-12(17)16-9-2-3-9/h1,4,7,9H,2-3,5-6,15H2,(H,16,17). The largest absolute Gasteiger partial charge is 0.461 e. The molecule has 1 aliphatic rings. The quantitative estimate of drug-likeness (QED) is 0.620. The normalized spacial score (nSPS) is 13.9. The Morgan fingerprint density at radius 2 is 2.16 bits per heavy atom. The van der Waals surface area contributed by atoms with Crippen molar-refractivity contribution < 1.29 is 18.7 Å². The molecule has 0 heterocycles. The van der Waals surface area contributed by atoms with Crippen LogP contribution >= 0.6 is 0 Å². The van der Waals surface area contributed by atoms with Gasteiger partial charge in [-0.05, 0) is 31.0 Å². The highest BCUT2D eigenvalue weighted by molar-refractivity contribution is 5.91. The van der Waals surface area contributed by atoms with Gasteiger partial charge in [-0.1, -0.05) is 0 Å². The van der Waals surface area contributed by atoms with E-state index in [0.29, 0.717) is 0 Å². The number of nitrogens with two attached hydrogens (primary N) is 1. The Labute approximate surface area is 109 Å². The number of ether oxygens (including phenoxy) is 1. The average Bonchev–Trinajstić information content (AvgIpc) is 3.16. The molecule has 0 spiro atoms. The number of hydrogen-bond donors (Lipinski definition) is 2. The molecule has 1 aromatic carbocycles. The summed E-state index contributed by atoms with van der Waals surface area (Å²) in [5, 5.41) is 2.76. The lowest BCUT2D eigenvalue weighted by molar-refractivity contribution is -0.121. The van der Waals surface area contributed by atoms with E-state index in [0.717, 1.165) is 18.9 Å². The van der Waals surface area contributed by atoms with Crippen molar-refractivity contribution in [1.29, 1.82) is 0 Å². The third-order valence-corrected chi connectivity index (χ3v) is 2.72. The average molecular weight is 266 g/mol. The third kappa shape index (κ3) is 3.94. The van der Waals surface area contributed by atoms with E-state index >= 15 is 0 Å². The molecule has 0 unspecified atom stereocenters. The van der Waals surface area contributed by atoms with Gasteiger partial charge in [0.25, 0.3) is 0 Å². The Kier molecular flexibility index (Phi) is 3.99. The lowest BCUT2D eigenvalue weighted by Crippen LogP contribution is -2.26. The molecule has 1 aliphatic carbocycles. The molecule has 1 fully saturated rings. The van der Waals surface area contributed by atoms with E-state index in [1.807, 2.05) is 0 Å². The molecule has 0 aliphatic heterocycles. The van der Waals surface area contributed by atoms with Crippen LogP contribution in [0.1, 0.15) is 29.6 Å². The summed E-state index contributed by atoms with van der Waals surface area (Å²) in [6.07, 6.45) is 2.08. The van der Waals surface area contributed by atoms with Crippen molar-refractivity contribution in [3.8, 4) is 0 Å². The molecule has 1 saturated carbocycles. The number of carbonyl (C=O) groups excluding carboxylic acids is 2. The number of benzene rings is 1.